The van der Waals surface area contributed by atoms with E-state index < -0.39 is 0 Å². The Bertz CT molecular complexity index is 618. The molecule has 1 unspecified atom stereocenters. The molecule has 5 nitrogen and oxygen atoms in total. The van der Waals surface area contributed by atoms with E-state index in [1.165, 1.54) is 54.1 Å². The topological polar surface area (TPSA) is 53.9 Å². The number of aromatic nitrogens is 3. The lowest BCUT2D eigenvalue weighted by Gasteiger charge is -2.33. The van der Waals surface area contributed by atoms with E-state index in [1.807, 2.05) is 29.8 Å². The van der Waals surface area contributed by atoms with Gasteiger partial charge in [-0.3, -0.25) is 0 Å². The van der Waals surface area contributed by atoms with Gasteiger partial charge < -0.3 is 10.2 Å². The maximum absolute atomic E-state index is 4.83. The monoisotopic (exact) mass is 329 g/mol. The number of nitrogens with zero attached hydrogens (tertiary/aromatic N) is 4. The molecule has 0 saturated carbocycles. The summed E-state index contributed by atoms with van der Waals surface area (Å²) < 4.78 is 0. The number of hydrogen-bond acceptors (Lipinski definition) is 6. The lowest BCUT2D eigenvalue weighted by Crippen LogP contribution is -2.46. The van der Waals surface area contributed by atoms with E-state index in [0.717, 1.165) is 25.6 Å². The van der Waals surface area contributed by atoms with Crippen LogP contribution in [0.3, 0.4) is 0 Å². The molecular weight excluding hydrogens is 306 g/mol. The Morgan fingerprint density at radius 3 is 2.91 bits per heavy atom. The van der Waals surface area contributed by atoms with Crippen molar-refractivity contribution in [2.45, 2.75) is 51.1 Å². The van der Waals surface area contributed by atoms with Crippen LogP contribution < -0.4 is 10.2 Å². The predicted molar refractivity (Wildman–Crippen MR) is 92.9 cm³/mol. The van der Waals surface area contributed by atoms with Crippen molar-refractivity contribution in [1.82, 2.24) is 20.3 Å². The third kappa shape index (κ3) is 3.53. The Labute approximate surface area is 141 Å². The number of piperidine rings is 1. The second kappa shape index (κ2) is 6.93. The van der Waals surface area contributed by atoms with Crippen LogP contribution in [0.1, 0.15) is 41.3 Å². The highest BCUT2D eigenvalue weighted by Crippen LogP contribution is 2.26. The van der Waals surface area contributed by atoms with Gasteiger partial charge in [-0.1, -0.05) is 0 Å². The summed E-state index contributed by atoms with van der Waals surface area (Å²) in [6.07, 6.45) is 11.1. The van der Waals surface area contributed by atoms with Gasteiger partial charge >= 0.3 is 0 Å². The van der Waals surface area contributed by atoms with Gasteiger partial charge in [0.25, 0.3) is 0 Å². The molecule has 0 bridgehead atoms. The van der Waals surface area contributed by atoms with Crippen molar-refractivity contribution in [1.29, 1.82) is 0 Å². The zero-order valence-electron chi connectivity index (χ0n) is 13.4. The average Bonchev–Trinajstić information content (AvgIpc) is 3.04. The molecule has 2 aromatic rings. The standard InChI is InChI=1S/C17H23N5S/c1-2-7-15-14(6-1)21-16(23-15)11-20-13-5-3-10-22(12-13)17-18-8-4-9-19-17/h4,8-9,13,20H,1-3,5-7,10-12H2. The van der Waals surface area contributed by atoms with Crippen LogP contribution in [0.2, 0.25) is 0 Å². The zero-order valence-corrected chi connectivity index (χ0v) is 14.2. The summed E-state index contributed by atoms with van der Waals surface area (Å²) in [5, 5.41) is 4.95. The molecule has 6 heteroatoms. The van der Waals surface area contributed by atoms with E-state index >= 15 is 0 Å². The molecule has 23 heavy (non-hydrogen) atoms. The molecular formula is C17H23N5S. The van der Waals surface area contributed by atoms with Crippen molar-refractivity contribution in [3.8, 4) is 0 Å². The van der Waals surface area contributed by atoms with Crippen LogP contribution in [0.15, 0.2) is 18.5 Å². The van der Waals surface area contributed by atoms with Crippen LogP contribution in [-0.2, 0) is 19.4 Å². The SMILES string of the molecule is c1cnc(N2CCCC(NCc3nc4c(s3)CCCC4)C2)nc1. The normalized spacial score (nSPS) is 21.2. The molecule has 0 aromatic carbocycles. The van der Waals surface area contributed by atoms with Crippen LogP contribution in [0.5, 0.6) is 0 Å². The summed E-state index contributed by atoms with van der Waals surface area (Å²) in [6.45, 7) is 2.93. The molecule has 1 saturated heterocycles. The van der Waals surface area contributed by atoms with Crippen LogP contribution in [0, 0.1) is 0 Å². The van der Waals surface area contributed by atoms with Gasteiger partial charge in [-0.2, -0.15) is 0 Å². The summed E-state index contributed by atoms with van der Waals surface area (Å²) in [5.74, 6) is 0.851. The van der Waals surface area contributed by atoms with Gasteiger partial charge in [0, 0.05) is 42.9 Å². The minimum absolute atomic E-state index is 0.494. The van der Waals surface area contributed by atoms with Crippen molar-refractivity contribution >= 4 is 17.3 Å². The fourth-order valence-corrected chi connectivity index (χ4v) is 4.60. The Kier molecular flexibility index (Phi) is 4.52. The number of anilines is 1. The van der Waals surface area contributed by atoms with Crippen LogP contribution in [0.4, 0.5) is 5.95 Å². The highest BCUT2D eigenvalue weighted by Gasteiger charge is 2.22. The van der Waals surface area contributed by atoms with Gasteiger partial charge in [0.05, 0.1) is 5.69 Å². The van der Waals surface area contributed by atoms with Crippen LogP contribution >= 0.6 is 11.3 Å². The molecule has 1 aliphatic heterocycles. The van der Waals surface area contributed by atoms with Crippen LogP contribution in [-0.4, -0.2) is 34.1 Å². The fraction of sp³-hybridized carbons (Fsp3) is 0.588. The molecule has 1 fully saturated rings. The molecule has 2 aliphatic rings. The Balaban J connectivity index is 1.34. The summed E-state index contributed by atoms with van der Waals surface area (Å²) in [7, 11) is 0. The average molecular weight is 329 g/mol. The van der Waals surface area contributed by atoms with E-state index in [0.29, 0.717) is 6.04 Å². The first-order valence-corrected chi connectivity index (χ1v) is 9.43. The minimum Gasteiger partial charge on any atom is -0.339 e. The largest absolute Gasteiger partial charge is 0.339 e. The van der Waals surface area contributed by atoms with Crippen molar-refractivity contribution in [2.24, 2.45) is 0 Å². The second-order valence-electron chi connectivity index (χ2n) is 6.40. The molecule has 0 amide bonds. The highest BCUT2D eigenvalue weighted by molar-refractivity contribution is 7.11. The maximum atomic E-state index is 4.83. The highest BCUT2D eigenvalue weighted by atomic mass is 32.1. The zero-order chi connectivity index (χ0) is 15.5. The first-order valence-electron chi connectivity index (χ1n) is 8.61. The predicted octanol–water partition coefficient (Wildman–Crippen LogP) is 2.57. The smallest absolute Gasteiger partial charge is 0.225 e. The molecule has 2 aromatic heterocycles. The van der Waals surface area contributed by atoms with E-state index in [9.17, 15) is 0 Å². The van der Waals surface area contributed by atoms with Crippen molar-refractivity contribution < 1.29 is 0 Å². The molecule has 3 heterocycles. The Morgan fingerprint density at radius 1 is 1.17 bits per heavy atom. The fourth-order valence-electron chi connectivity index (χ4n) is 3.49. The lowest BCUT2D eigenvalue weighted by molar-refractivity contribution is 0.417. The molecule has 1 aliphatic carbocycles. The minimum atomic E-state index is 0.494. The van der Waals surface area contributed by atoms with E-state index in [1.54, 1.807) is 0 Å². The number of fused-ring (bicyclic) bond motifs is 1. The number of aryl methyl sites for hydroxylation is 2. The number of rotatable bonds is 4. The van der Waals surface area contributed by atoms with E-state index in [2.05, 4.69) is 20.2 Å². The summed E-state index contributed by atoms with van der Waals surface area (Å²) in [6, 6.07) is 2.36. The first kappa shape index (κ1) is 15.0. The van der Waals surface area contributed by atoms with Crippen molar-refractivity contribution in [3.05, 3.63) is 34.0 Å². The van der Waals surface area contributed by atoms with Crippen LogP contribution in [0.25, 0.3) is 0 Å². The van der Waals surface area contributed by atoms with Gasteiger partial charge in [-0.05, 0) is 44.6 Å². The molecule has 4 rings (SSSR count). The molecule has 0 radical (unpaired) electrons. The lowest BCUT2D eigenvalue weighted by atomic mass is 10.0. The first-order chi connectivity index (χ1) is 11.4. The van der Waals surface area contributed by atoms with E-state index in [4.69, 9.17) is 4.98 Å². The molecule has 0 spiro atoms. The van der Waals surface area contributed by atoms with Gasteiger partial charge in [0.2, 0.25) is 5.95 Å². The molecule has 1 atom stereocenters. The van der Waals surface area contributed by atoms with Crippen molar-refractivity contribution in [3.63, 3.8) is 0 Å². The number of hydrogen-bond donors (Lipinski definition) is 1. The molecule has 122 valence electrons. The summed E-state index contributed by atoms with van der Waals surface area (Å²) in [4.78, 5) is 17.4. The van der Waals surface area contributed by atoms with Gasteiger partial charge in [-0.15, -0.1) is 11.3 Å². The van der Waals surface area contributed by atoms with Gasteiger partial charge in [0.15, 0.2) is 0 Å². The quantitative estimate of drug-likeness (QED) is 0.934. The third-order valence-electron chi connectivity index (χ3n) is 4.69. The molecule has 1 N–H and O–H groups in total. The Morgan fingerprint density at radius 2 is 2.04 bits per heavy atom. The third-order valence-corrected chi connectivity index (χ3v) is 5.85. The van der Waals surface area contributed by atoms with E-state index in [-0.39, 0.29) is 0 Å². The Hall–Kier alpha value is -1.53. The summed E-state index contributed by atoms with van der Waals surface area (Å²) in [5.41, 5.74) is 1.36. The number of nitrogens with one attached hydrogen (secondary N) is 1. The van der Waals surface area contributed by atoms with Gasteiger partial charge in [-0.25, -0.2) is 15.0 Å². The van der Waals surface area contributed by atoms with Gasteiger partial charge in [0.1, 0.15) is 5.01 Å². The summed E-state index contributed by atoms with van der Waals surface area (Å²) >= 11 is 1.91. The van der Waals surface area contributed by atoms with Crippen molar-refractivity contribution in [2.75, 3.05) is 18.0 Å². The second-order valence-corrected chi connectivity index (χ2v) is 7.57. The number of thiazole rings is 1. The maximum Gasteiger partial charge on any atom is 0.225 e.